The fraction of sp³-hybridized carbons (Fsp3) is 0.235. The zero-order valence-corrected chi connectivity index (χ0v) is 16.3. The summed E-state index contributed by atoms with van der Waals surface area (Å²) < 4.78 is 65.6. The molecule has 1 amide bonds. The molecule has 1 atom stereocenters. The standard InChI is InChI=1S/C17H16ClF3N2O4S/c1-11(23(28(2,25)26)14-5-3-4-12(18)10-14)16(24)22-13-6-8-15(9-7-13)27-17(19,20)21/h3-11H,1-2H3,(H,22,24)/t11-/m0/s1. The molecule has 6 nitrogen and oxygen atoms in total. The van der Waals surface area contributed by atoms with Gasteiger partial charge in [-0.05, 0) is 49.4 Å². The topological polar surface area (TPSA) is 75.7 Å². The van der Waals surface area contributed by atoms with Gasteiger partial charge < -0.3 is 10.1 Å². The number of alkyl halides is 3. The fourth-order valence-electron chi connectivity index (χ4n) is 2.41. The van der Waals surface area contributed by atoms with Crippen LogP contribution in [0.5, 0.6) is 5.75 Å². The molecule has 0 unspecified atom stereocenters. The van der Waals surface area contributed by atoms with Crippen molar-refractivity contribution >= 4 is 38.9 Å². The number of halogens is 4. The van der Waals surface area contributed by atoms with Crippen LogP contribution < -0.4 is 14.4 Å². The summed E-state index contributed by atoms with van der Waals surface area (Å²) in [5.74, 6) is -1.13. The van der Waals surface area contributed by atoms with E-state index < -0.39 is 34.1 Å². The van der Waals surface area contributed by atoms with Crippen LogP contribution in [0.1, 0.15) is 6.92 Å². The fourth-order valence-corrected chi connectivity index (χ4v) is 3.76. The molecule has 28 heavy (non-hydrogen) atoms. The Balaban J connectivity index is 2.19. The maximum Gasteiger partial charge on any atom is 0.573 e. The molecule has 0 saturated carbocycles. The van der Waals surface area contributed by atoms with Gasteiger partial charge in [0.2, 0.25) is 15.9 Å². The zero-order valence-electron chi connectivity index (χ0n) is 14.7. The number of nitrogens with one attached hydrogen (secondary N) is 1. The summed E-state index contributed by atoms with van der Waals surface area (Å²) in [4.78, 5) is 12.5. The quantitative estimate of drug-likeness (QED) is 0.741. The summed E-state index contributed by atoms with van der Waals surface area (Å²) in [5, 5.41) is 2.74. The van der Waals surface area contributed by atoms with Crippen LogP contribution in [0.25, 0.3) is 0 Å². The summed E-state index contributed by atoms with van der Waals surface area (Å²) >= 11 is 5.90. The molecule has 2 aromatic rings. The van der Waals surface area contributed by atoms with Crippen LogP contribution in [0.15, 0.2) is 48.5 Å². The van der Waals surface area contributed by atoms with Crippen molar-refractivity contribution in [3.8, 4) is 5.75 Å². The van der Waals surface area contributed by atoms with E-state index in [0.29, 0.717) is 5.02 Å². The minimum absolute atomic E-state index is 0.172. The highest BCUT2D eigenvalue weighted by Gasteiger charge is 2.31. The highest BCUT2D eigenvalue weighted by atomic mass is 35.5. The lowest BCUT2D eigenvalue weighted by Crippen LogP contribution is -2.45. The molecule has 11 heteroatoms. The molecule has 0 aromatic heterocycles. The molecule has 0 spiro atoms. The van der Waals surface area contributed by atoms with E-state index in [-0.39, 0.29) is 11.4 Å². The minimum atomic E-state index is -4.83. The van der Waals surface area contributed by atoms with E-state index in [1.54, 1.807) is 12.1 Å². The Labute approximate surface area is 164 Å². The predicted molar refractivity (Wildman–Crippen MR) is 100.0 cm³/mol. The highest BCUT2D eigenvalue weighted by molar-refractivity contribution is 7.92. The van der Waals surface area contributed by atoms with E-state index in [9.17, 15) is 26.4 Å². The van der Waals surface area contributed by atoms with Crippen LogP contribution in [-0.4, -0.2) is 33.0 Å². The van der Waals surface area contributed by atoms with Gasteiger partial charge in [0.1, 0.15) is 11.8 Å². The number of carbonyl (C=O) groups excluding carboxylic acids is 1. The highest BCUT2D eigenvalue weighted by Crippen LogP contribution is 2.26. The summed E-state index contributed by atoms with van der Waals surface area (Å²) in [7, 11) is -3.83. The number of ether oxygens (including phenoxy) is 1. The summed E-state index contributed by atoms with van der Waals surface area (Å²) in [6.07, 6.45) is -3.88. The number of anilines is 2. The first-order valence-corrected chi connectivity index (χ1v) is 10.0. The second-order valence-corrected chi connectivity index (χ2v) is 8.07. The van der Waals surface area contributed by atoms with E-state index in [2.05, 4.69) is 10.1 Å². The van der Waals surface area contributed by atoms with Crippen LogP contribution in [0.2, 0.25) is 5.02 Å². The lowest BCUT2D eigenvalue weighted by molar-refractivity contribution is -0.274. The monoisotopic (exact) mass is 436 g/mol. The first-order chi connectivity index (χ1) is 12.9. The average molecular weight is 437 g/mol. The molecular formula is C17H16ClF3N2O4S. The SMILES string of the molecule is C[C@@H](C(=O)Nc1ccc(OC(F)(F)F)cc1)N(c1cccc(Cl)c1)S(C)(=O)=O. The Morgan fingerprint density at radius 3 is 2.29 bits per heavy atom. The molecule has 152 valence electrons. The van der Waals surface area contributed by atoms with Gasteiger partial charge in [-0.2, -0.15) is 0 Å². The Morgan fingerprint density at radius 2 is 1.79 bits per heavy atom. The number of rotatable bonds is 6. The van der Waals surface area contributed by atoms with Gasteiger partial charge in [-0.1, -0.05) is 17.7 Å². The third-order valence-electron chi connectivity index (χ3n) is 3.51. The van der Waals surface area contributed by atoms with Gasteiger partial charge in [0.05, 0.1) is 11.9 Å². The van der Waals surface area contributed by atoms with Crippen LogP contribution in [0, 0.1) is 0 Å². The van der Waals surface area contributed by atoms with Gasteiger partial charge in [-0.15, -0.1) is 13.2 Å². The Bertz CT molecular complexity index is 950. The molecular weight excluding hydrogens is 421 g/mol. The molecule has 2 rings (SSSR count). The predicted octanol–water partition coefficient (Wildman–Crippen LogP) is 4.03. The summed E-state index contributed by atoms with van der Waals surface area (Å²) in [5.41, 5.74) is 0.373. The number of benzene rings is 2. The molecule has 0 saturated heterocycles. The maximum atomic E-state index is 12.5. The average Bonchev–Trinajstić information content (AvgIpc) is 2.54. The summed E-state index contributed by atoms with van der Waals surface area (Å²) in [6, 6.07) is 9.29. The second kappa shape index (κ2) is 8.27. The largest absolute Gasteiger partial charge is 0.573 e. The van der Waals surface area contributed by atoms with Gasteiger partial charge in [-0.25, -0.2) is 8.42 Å². The van der Waals surface area contributed by atoms with Gasteiger partial charge in [-0.3, -0.25) is 9.10 Å². The molecule has 0 aliphatic carbocycles. The third kappa shape index (κ3) is 6.03. The third-order valence-corrected chi connectivity index (χ3v) is 4.98. The van der Waals surface area contributed by atoms with Gasteiger partial charge >= 0.3 is 6.36 Å². The molecule has 0 bridgehead atoms. The van der Waals surface area contributed by atoms with E-state index in [1.165, 1.54) is 31.2 Å². The maximum absolute atomic E-state index is 12.5. The number of hydrogen-bond acceptors (Lipinski definition) is 4. The summed E-state index contributed by atoms with van der Waals surface area (Å²) in [6.45, 7) is 1.37. The lowest BCUT2D eigenvalue weighted by atomic mass is 10.2. The van der Waals surface area contributed by atoms with Crippen LogP contribution in [0.3, 0.4) is 0 Å². The Kier molecular flexibility index (Phi) is 6.45. The lowest BCUT2D eigenvalue weighted by Gasteiger charge is -2.28. The number of amides is 1. The van der Waals surface area contributed by atoms with Crippen molar-refractivity contribution < 1.29 is 31.1 Å². The number of hydrogen-bond donors (Lipinski definition) is 1. The first kappa shape index (κ1) is 21.8. The van der Waals surface area contributed by atoms with E-state index in [0.717, 1.165) is 22.7 Å². The van der Waals surface area contributed by atoms with Crippen molar-refractivity contribution in [2.24, 2.45) is 0 Å². The van der Waals surface area contributed by atoms with E-state index >= 15 is 0 Å². The minimum Gasteiger partial charge on any atom is -0.406 e. The smallest absolute Gasteiger partial charge is 0.406 e. The van der Waals surface area contributed by atoms with Gasteiger partial charge in [0.25, 0.3) is 0 Å². The molecule has 0 aliphatic heterocycles. The van der Waals surface area contributed by atoms with Crippen molar-refractivity contribution in [2.75, 3.05) is 15.9 Å². The second-order valence-electron chi connectivity index (χ2n) is 5.78. The number of sulfonamides is 1. The van der Waals surface area contributed by atoms with E-state index in [4.69, 9.17) is 11.6 Å². The van der Waals surface area contributed by atoms with Gasteiger partial charge in [0, 0.05) is 10.7 Å². The molecule has 1 N–H and O–H groups in total. The number of nitrogens with zero attached hydrogens (tertiary/aromatic N) is 1. The van der Waals surface area contributed by atoms with Crippen LogP contribution in [-0.2, 0) is 14.8 Å². The van der Waals surface area contributed by atoms with Crippen molar-refractivity contribution in [1.82, 2.24) is 0 Å². The van der Waals surface area contributed by atoms with Gasteiger partial charge in [0.15, 0.2) is 0 Å². The van der Waals surface area contributed by atoms with Crippen molar-refractivity contribution in [1.29, 1.82) is 0 Å². The molecule has 0 radical (unpaired) electrons. The van der Waals surface area contributed by atoms with E-state index in [1.807, 2.05) is 0 Å². The van der Waals surface area contributed by atoms with Crippen molar-refractivity contribution in [2.45, 2.75) is 19.3 Å². The van der Waals surface area contributed by atoms with Crippen molar-refractivity contribution in [3.63, 3.8) is 0 Å². The normalized spacial score (nSPS) is 12.9. The molecule has 0 aliphatic rings. The molecule has 2 aromatic carbocycles. The van der Waals surface area contributed by atoms with Crippen LogP contribution >= 0.6 is 11.6 Å². The zero-order chi connectivity index (χ0) is 21.1. The Hall–Kier alpha value is -2.46. The molecule has 0 heterocycles. The number of carbonyl (C=O) groups is 1. The Morgan fingerprint density at radius 1 is 1.18 bits per heavy atom. The molecule has 0 fully saturated rings. The van der Waals surface area contributed by atoms with Crippen molar-refractivity contribution in [3.05, 3.63) is 53.6 Å². The first-order valence-electron chi connectivity index (χ1n) is 7.78. The van der Waals surface area contributed by atoms with Crippen LogP contribution in [0.4, 0.5) is 24.5 Å².